The van der Waals surface area contributed by atoms with Crippen molar-refractivity contribution in [3.8, 4) is 11.5 Å². The molecule has 0 bridgehead atoms. The summed E-state index contributed by atoms with van der Waals surface area (Å²) in [7, 11) is -3.73. The maximum atomic E-state index is 12.9. The predicted molar refractivity (Wildman–Crippen MR) is 123 cm³/mol. The molecule has 1 aromatic heterocycles. The van der Waals surface area contributed by atoms with Crippen molar-refractivity contribution in [2.24, 2.45) is 0 Å². The fourth-order valence-corrected chi connectivity index (χ4v) is 4.98. The van der Waals surface area contributed by atoms with Gasteiger partial charge in [0, 0.05) is 24.7 Å². The van der Waals surface area contributed by atoms with E-state index < -0.39 is 10.0 Å². The third-order valence-electron chi connectivity index (χ3n) is 5.36. The lowest BCUT2D eigenvalue weighted by Crippen LogP contribution is -2.20. The number of aromatic nitrogens is 2. The van der Waals surface area contributed by atoms with E-state index in [0.29, 0.717) is 29.0 Å². The van der Waals surface area contributed by atoms with E-state index in [1.807, 2.05) is 24.3 Å². The van der Waals surface area contributed by atoms with Crippen LogP contribution in [0.3, 0.4) is 0 Å². The predicted octanol–water partition coefficient (Wildman–Crippen LogP) is 4.47. The first-order valence-corrected chi connectivity index (χ1v) is 11.7. The van der Waals surface area contributed by atoms with E-state index in [1.165, 1.54) is 18.1 Å². The number of hydrogen-bond acceptors (Lipinski definition) is 6. The molecule has 2 aromatic carbocycles. The Morgan fingerprint density at radius 2 is 1.94 bits per heavy atom. The third-order valence-corrected chi connectivity index (χ3v) is 6.74. The number of likely N-dealkylation sites (tertiary alicyclic amines) is 1. The van der Waals surface area contributed by atoms with E-state index in [-0.39, 0.29) is 17.3 Å². The summed E-state index contributed by atoms with van der Waals surface area (Å²) in [5.74, 6) is 1.23. The normalized spacial score (nSPS) is 16.8. The number of anilines is 1. The van der Waals surface area contributed by atoms with Crippen LogP contribution in [0.1, 0.15) is 37.1 Å². The first kappa shape index (κ1) is 23.2. The van der Waals surface area contributed by atoms with Crippen molar-refractivity contribution in [3.05, 3.63) is 60.0 Å². The van der Waals surface area contributed by atoms with Crippen molar-refractivity contribution >= 4 is 28.1 Å². The van der Waals surface area contributed by atoms with E-state index >= 15 is 0 Å². The fraction of sp³-hybridized carbons (Fsp3) is 0.364. The Labute approximate surface area is 189 Å². The highest BCUT2D eigenvalue weighted by molar-refractivity contribution is 7.92. The molecule has 31 heavy (non-hydrogen) atoms. The molecule has 7 nitrogen and oxygen atoms in total. The Morgan fingerprint density at radius 3 is 2.61 bits per heavy atom. The molecule has 1 N–H and O–H groups in total. The third kappa shape index (κ3) is 5.44. The number of sulfonamides is 1. The molecule has 3 aromatic rings. The quantitative estimate of drug-likeness (QED) is 0.557. The van der Waals surface area contributed by atoms with E-state index in [0.717, 1.165) is 26.1 Å². The van der Waals surface area contributed by atoms with Gasteiger partial charge in [-0.3, -0.25) is 4.72 Å². The van der Waals surface area contributed by atoms with Crippen molar-refractivity contribution in [1.29, 1.82) is 0 Å². The molecular formula is C22H27ClN4O3S. The van der Waals surface area contributed by atoms with Crippen LogP contribution in [0.5, 0.6) is 0 Å². The summed E-state index contributed by atoms with van der Waals surface area (Å²) < 4.78 is 33.8. The minimum atomic E-state index is -3.73. The maximum Gasteiger partial charge on any atom is 0.261 e. The Kier molecular flexibility index (Phi) is 7.35. The van der Waals surface area contributed by atoms with Gasteiger partial charge in [0.2, 0.25) is 11.8 Å². The van der Waals surface area contributed by atoms with Crippen LogP contribution >= 0.6 is 12.4 Å². The molecular weight excluding hydrogens is 436 g/mol. The van der Waals surface area contributed by atoms with E-state index in [4.69, 9.17) is 4.42 Å². The molecule has 1 saturated heterocycles. The van der Waals surface area contributed by atoms with Gasteiger partial charge in [0.25, 0.3) is 10.0 Å². The van der Waals surface area contributed by atoms with Crippen molar-refractivity contribution in [1.82, 2.24) is 15.1 Å². The van der Waals surface area contributed by atoms with Gasteiger partial charge in [0.05, 0.1) is 4.90 Å². The van der Waals surface area contributed by atoms with Crippen LogP contribution in [-0.2, 0) is 10.0 Å². The Hall–Kier alpha value is -2.42. The molecule has 1 aliphatic rings. The zero-order valence-corrected chi connectivity index (χ0v) is 19.2. The molecule has 166 valence electrons. The van der Waals surface area contributed by atoms with Crippen LogP contribution < -0.4 is 4.72 Å². The van der Waals surface area contributed by atoms with E-state index in [1.54, 1.807) is 25.1 Å². The van der Waals surface area contributed by atoms with Gasteiger partial charge in [0.1, 0.15) is 0 Å². The number of aryl methyl sites for hydroxylation is 1. The molecule has 1 atom stereocenters. The zero-order chi connectivity index (χ0) is 21.1. The molecule has 0 aliphatic carbocycles. The van der Waals surface area contributed by atoms with Crippen LogP contribution in [0, 0.1) is 6.92 Å². The summed E-state index contributed by atoms with van der Waals surface area (Å²) in [6, 6.07) is 14.2. The number of rotatable bonds is 7. The highest BCUT2D eigenvalue weighted by atomic mass is 35.5. The number of benzene rings is 2. The highest BCUT2D eigenvalue weighted by Gasteiger charge is 2.23. The van der Waals surface area contributed by atoms with Crippen molar-refractivity contribution < 1.29 is 12.8 Å². The van der Waals surface area contributed by atoms with Crippen molar-refractivity contribution in [2.45, 2.75) is 37.5 Å². The lowest BCUT2D eigenvalue weighted by molar-refractivity contribution is 0.335. The van der Waals surface area contributed by atoms with Gasteiger partial charge in [-0.15, -0.1) is 22.6 Å². The second-order valence-corrected chi connectivity index (χ2v) is 9.35. The zero-order valence-electron chi connectivity index (χ0n) is 17.6. The summed E-state index contributed by atoms with van der Waals surface area (Å²) in [5, 5.41) is 7.75. The summed E-state index contributed by atoms with van der Waals surface area (Å²) in [6.45, 7) is 7.22. The topological polar surface area (TPSA) is 88.3 Å². The lowest BCUT2D eigenvalue weighted by atomic mass is 9.98. The van der Waals surface area contributed by atoms with Gasteiger partial charge >= 0.3 is 0 Å². The SMILES string of the molecule is CCCN1CCC(c2ccc(NS(=O)(=O)c3cccc(-c4nnc(C)o4)c3)cc2)C1.Cl. The molecule has 0 radical (unpaired) electrons. The number of nitrogens with one attached hydrogen (secondary N) is 1. The molecule has 1 aliphatic heterocycles. The minimum Gasteiger partial charge on any atom is -0.421 e. The maximum absolute atomic E-state index is 12.9. The van der Waals surface area contributed by atoms with Crippen LogP contribution in [0.4, 0.5) is 5.69 Å². The lowest BCUT2D eigenvalue weighted by Gasteiger charge is -2.15. The van der Waals surface area contributed by atoms with E-state index in [9.17, 15) is 8.42 Å². The van der Waals surface area contributed by atoms with Crippen LogP contribution in [-0.4, -0.2) is 43.1 Å². The van der Waals surface area contributed by atoms with Gasteiger partial charge in [-0.05, 0) is 67.7 Å². The highest BCUT2D eigenvalue weighted by Crippen LogP contribution is 2.29. The Morgan fingerprint density at radius 1 is 1.16 bits per heavy atom. The molecule has 9 heteroatoms. The average Bonchev–Trinajstić information content (AvgIpc) is 3.38. The van der Waals surface area contributed by atoms with Gasteiger partial charge in [-0.1, -0.05) is 25.1 Å². The van der Waals surface area contributed by atoms with Crippen molar-refractivity contribution in [3.63, 3.8) is 0 Å². The van der Waals surface area contributed by atoms with Gasteiger partial charge in [0.15, 0.2) is 0 Å². The van der Waals surface area contributed by atoms with Crippen LogP contribution in [0.2, 0.25) is 0 Å². The van der Waals surface area contributed by atoms with E-state index in [2.05, 4.69) is 26.7 Å². The molecule has 1 unspecified atom stereocenters. The standard InChI is InChI=1S/C22H26N4O3S.ClH/c1-3-12-26-13-11-19(15-26)17-7-9-20(10-8-17)25-30(27,28)21-6-4-5-18(14-21)22-24-23-16(2)29-22;/h4-10,14,19,25H,3,11-13,15H2,1-2H3;1H. The molecule has 0 saturated carbocycles. The van der Waals surface area contributed by atoms with Crippen LogP contribution in [0.25, 0.3) is 11.5 Å². The summed E-state index contributed by atoms with van der Waals surface area (Å²) in [4.78, 5) is 2.63. The molecule has 2 heterocycles. The molecule has 4 rings (SSSR count). The van der Waals surface area contributed by atoms with Crippen LogP contribution in [0.15, 0.2) is 57.8 Å². The monoisotopic (exact) mass is 462 g/mol. The minimum absolute atomic E-state index is 0. The largest absolute Gasteiger partial charge is 0.421 e. The summed E-state index contributed by atoms with van der Waals surface area (Å²) >= 11 is 0. The average molecular weight is 463 g/mol. The first-order chi connectivity index (χ1) is 14.4. The molecule has 0 spiro atoms. The number of nitrogens with zero attached hydrogens (tertiary/aromatic N) is 3. The van der Waals surface area contributed by atoms with Crippen molar-refractivity contribution in [2.75, 3.05) is 24.4 Å². The number of hydrogen-bond donors (Lipinski definition) is 1. The number of halogens is 1. The van der Waals surface area contributed by atoms with Gasteiger partial charge in [-0.2, -0.15) is 0 Å². The molecule has 0 amide bonds. The summed E-state index contributed by atoms with van der Waals surface area (Å²) in [5.41, 5.74) is 2.36. The fourth-order valence-electron chi connectivity index (χ4n) is 3.87. The Balaban J connectivity index is 0.00000272. The summed E-state index contributed by atoms with van der Waals surface area (Å²) in [6.07, 6.45) is 2.31. The second kappa shape index (κ2) is 9.80. The smallest absolute Gasteiger partial charge is 0.261 e. The Bertz CT molecular complexity index is 1120. The first-order valence-electron chi connectivity index (χ1n) is 10.2. The molecule has 1 fully saturated rings. The second-order valence-electron chi connectivity index (χ2n) is 7.67. The van der Waals surface area contributed by atoms with Gasteiger partial charge in [-0.25, -0.2) is 8.42 Å². The van der Waals surface area contributed by atoms with Gasteiger partial charge < -0.3 is 9.32 Å².